The van der Waals surface area contributed by atoms with Gasteiger partial charge < -0.3 is 14.8 Å². The number of methoxy groups -OCH3 is 2. The Morgan fingerprint density at radius 2 is 1.78 bits per heavy atom. The van der Waals surface area contributed by atoms with Crippen molar-refractivity contribution >= 4 is 40.2 Å². The molecule has 0 bridgehead atoms. The number of nitrogens with one attached hydrogen (secondary N) is 1. The van der Waals surface area contributed by atoms with E-state index < -0.39 is 0 Å². The summed E-state index contributed by atoms with van der Waals surface area (Å²) >= 11 is 6.01. The van der Waals surface area contributed by atoms with E-state index in [9.17, 15) is 4.79 Å². The van der Waals surface area contributed by atoms with Gasteiger partial charge in [0.2, 0.25) is 5.91 Å². The number of pyridine rings is 1. The molecule has 0 fully saturated rings. The smallest absolute Gasteiger partial charge is 0.248 e. The lowest BCUT2D eigenvalue weighted by atomic mass is 10.1. The zero-order valence-electron chi connectivity index (χ0n) is 15.2. The maximum Gasteiger partial charge on any atom is 0.248 e. The molecule has 6 heteroatoms. The Morgan fingerprint density at radius 3 is 2.52 bits per heavy atom. The van der Waals surface area contributed by atoms with Gasteiger partial charge in [0.1, 0.15) is 0 Å². The first-order valence-corrected chi connectivity index (χ1v) is 8.66. The molecule has 0 saturated carbocycles. The normalized spacial score (nSPS) is 11.0. The molecule has 27 heavy (non-hydrogen) atoms. The van der Waals surface area contributed by atoms with Crippen molar-refractivity contribution in [3.63, 3.8) is 0 Å². The number of anilines is 1. The van der Waals surface area contributed by atoms with Gasteiger partial charge >= 0.3 is 0 Å². The molecule has 0 saturated heterocycles. The Balaban J connectivity index is 1.77. The van der Waals surface area contributed by atoms with Crippen LogP contribution in [0.25, 0.3) is 17.0 Å². The van der Waals surface area contributed by atoms with Gasteiger partial charge in [-0.1, -0.05) is 23.7 Å². The maximum atomic E-state index is 12.3. The fourth-order valence-electron chi connectivity index (χ4n) is 2.65. The minimum Gasteiger partial charge on any atom is -0.493 e. The van der Waals surface area contributed by atoms with Crippen LogP contribution >= 0.6 is 11.6 Å². The van der Waals surface area contributed by atoms with Gasteiger partial charge in [0.15, 0.2) is 11.5 Å². The molecule has 138 valence electrons. The second-order valence-electron chi connectivity index (χ2n) is 5.92. The summed E-state index contributed by atoms with van der Waals surface area (Å²) < 4.78 is 10.5. The van der Waals surface area contributed by atoms with Crippen molar-refractivity contribution in [1.29, 1.82) is 0 Å². The molecular weight excluding hydrogens is 364 g/mol. The summed E-state index contributed by atoms with van der Waals surface area (Å²) in [5.74, 6) is 0.899. The third-order valence-corrected chi connectivity index (χ3v) is 4.30. The summed E-state index contributed by atoms with van der Waals surface area (Å²) in [7, 11) is 3.12. The molecule has 3 rings (SSSR count). The first kappa shape index (κ1) is 18.7. The van der Waals surface area contributed by atoms with E-state index in [-0.39, 0.29) is 5.91 Å². The topological polar surface area (TPSA) is 60.5 Å². The fourth-order valence-corrected chi connectivity index (χ4v) is 2.82. The Morgan fingerprint density at radius 1 is 1.07 bits per heavy atom. The van der Waals surface area contributed by atoms with Crippen LogP contribution in [0.15, 0.2) is 48.5 Å². The third-order valence-electron chi connectivity index (χ3n) is 4.07. The highest BCUT2D eigenvalue weighted by Crippen LogP contribution is 2.32. The van der Waals surface area contributed by atoms with Gasteiger partial charge in [-0.25, -0.2) is 4.98 Å². The molecular formula is C21H19ClN2O3. The number of hydrogen-bond acceptors (Lipinski definition) is 4. The monoisotopic (exact) mass is 382 g/mol. The van der Waals surface area contributed by atoms with Gasteiger partial charge in [0, 0.05) is 28.2 Å². The number of hydrogen-bond donors (Lipinski definition) is 1. The van der Waals surface area contributed by atoms with Crippen LogP contribution in [0.3, 0.4) is 0 Å². The average molecular weight is 383 g/mol. The van der Waals surface area contributed by atoms with Crippen molar-refractivity contribution in [1.82, 2.24) is 4.98 Å². The van der Waals surface area contributed by atoms with Crippen molar-refractivity contribution in [2.24, 2.45) is 0 Å². The predicted octanol–water partition coefficient (Wildman–Crippen LogP) is 4.87. The summed E-state index contributed by atoms with van der Waals surface area (Å²) in [6.45, 7) is 1.88. The van der Waals surface area contributed by atoms with E-state index in [0.29, 0.717) is 27.9 Å². The number of benzene rings is 2. The molecule has 0 aliphatic rings. The first-order valence-electron chi connectivity index (χ1n) is 8.28. The Hall–Kier alpha value is -3.05. The Kier molecular flexibility index (Phi) is 5.62. The van der Waals surface area contributed by atoms with Crippen molar-refractivity contribution in [2.45, 2.75) is 6.92 Å². The van der Waals surface area contributed by atoms with Crippen LogP contribution in [-0.2, 0) is 4.79 Å². The van der Waals surface area contributed by atoms with Crippen LogP contribution in [0.4, 0.5) is 5.69 Å². The zero-order chi connectivity index (χ0) is 19.4. The van der Waals surface area contributed by atoms with Crippen molar-refractivity contribution in [2.75, 3.05) is 19.5 Å². The second-order valence-corrected chi connectivity index (χ2v) is 6.35. The summed E-state index contributed by atoms with van der Waals surface area (Å²) in [6, 6.07) is 12.9. The maximum absolute atomic E-state index is 12.3. The number of rotatable bonds is 5. The minimum absolute atomic E-state index is 0.265. The number of fused-ring (bicyclic) bond motifs is 1. The molecule has 0 radical (unpaired) electrons. The number of ether oxygens (including phenoxy) is 2. The van der Waals surface area contributed by atoms with Gasteiger partial charge in [-0.05, 0) is 42.8 Å². The molecule has 0 spiro atoms. The lowest BCUT2D eigenvalue weighted by Gasteiger charge is -2.12. The number of carbonyl (C=O) groups excluding carboxylic acids is 1. The Labute approximate surface area is 162 Å². The molecule has 3 aromatic rings. The molecule has 5 nitrogen and oxygen atoms in total. The third kappa shape index (κ3) is 4.38. The summed E-state index contributed by atoms with van der Waals surface area (Å²) in [6.07, 6.45) is 3.10. The van der Waals surface area contributed by atoms with Gasteiger partial charge in [-0.15, -0.1) is 0 Å². The summed E-state index contributed by atoms with van der Waals surface area (Å²) in [5, 5.41) is 4.45. The van der Waals surface area contributed by atoms with Gasteiger partial charge in [0.25, 0.3) is 0 Å². The van der Waals surface area contributed by atoms with E-state index >= 15 is 0 Å². The SMILES string of the molecule is COc1cc(C)c(NC(=O)C=Cc2ccc3ccc(Cl)cc3n2)cc1OC. The van der Waals surface area contributed by atoms with Crippen LogP contribution < -0.4 is 14.8 Å². The molecule has 1 amide bonds. The molecule has 1 aromatic heterocycles. The van der Waals surface area contributed by atoms with Crippen LogP contribution in [-0.4, -0.2) is 25.1 Å². The minimum atomic E-state index is -0.265. The largest absolute Gasteiger partial charge is 0.493 e. The lowest BCUT2D eigenvalue weighted by Crippen LogP contribution is -2.09. The first-order chi connectivity index (χ1) is 13.0. The highest BCUT2D eigenvalue weighted by molar-refractivity contribution is 6.31. The summed E-state index contributed by atoms with van der Waals surface area (Å²) in [5.41, 5.74) is 2.97. The van der Waals surface area contributed by atoms with Gasteiger partial charge in [0.05, 0.1) is 25.4 Å². The van der Waals surface area contributed by atoms with Gasteiger partial charge in [-0.2, -0.15) is 0 Å². The van der Waals surface area contributed by atoms with Crippen molar-refractivity contribution in [3.8, 4) is 11.5 Å². The van der Waals surface area contributed by atoms with E-state index in [1.807, 2.05) is 37.3 Å². The van der Waals surface area contributed by atoms with E-state index in [1.165, 1.54) is 6.08 Å². The standard InChI is InChI=1S/C21H19ClN2O3/c1-13-10-19(26-2)20(27-3)12-17(13)24-21(25)9-8-16-7-5-14-4-6-15(22)11-18(14)23-16/h4-12H,1-3H3,(H,24,25). The second kappa shape index (κ2) is 8.10. The number of aryl methyl sites for hydroxylation is 1. The molecule has 0 aliphatic heterocycles. The molecule has 0 atom stereocenters. The number of halogens is 1. The predicted molar refractivity (Wildman–Crippen MR) is 109 cm³/mol. The molecule has 1 heterocycles. The van der Waals surface area contributed by atoms with E-state index in [1.54, 1.807) is 32.4 Å². The van der Waals surface area contributed by atoms with E-state index in [4.69, 9.17) is 21.1 Å². The van der Waals surface area contributed by atoms with Crippen LogP contribution in [0.2, 0.25) is 5.02 Å². The fraction of sp³-hybridized carbons (Fsp3) is 0.143. The Bertz CT molecular complexity index is 1030. The van der Waals surface area contributed by atoms with Crippen LogP contribution in [0.1, 0.15) is 11.3 Å². The summed E-state index contributed by atoms with van der Waals surface area (Å²) in [4.78, 5) is 16.8. The van der Waals surface area contributed by atoms with Crippen LogP contribution in [0, 0.1) is 6.92 Å². The van der Waals surface area contributed by atoms with Gasteiger partial charge in [-0.3, -0.25) is 4.79 Å². The zero-order valence-corrected chi connectivity index (χ0v) is 16.0. The van der Waals surface area contributed by atoms with E-state index in [0.717, 1.165) is 16.5 Å². The average Bonchev–Trinajstić information content (AvgIpc) is 2.67. The van der Waals surface area contributed by atoms with Crippen molar-refractivity contribution < 1.29 is 14.3 Å². The number of nitrogens with zero attached hydrogens (tertiary/aromatic N) is 1. The highest BCUT2D eigenvalue weighted by Gasteiger charge is 2.10. The van der Waals surface area contributed by atoms with Crippen LogP contribution in [0.5, 0.6) is 11.5 Å². The molecule has 1 N–H and O–H groups in total. The quantitative estimate of drug-likeness (QED) is 0.640. The number of amides is 1. The number of aromatic nitrogens is 1. The van der Waals surface area contributed by atoms with Crippen molar-refractivity contribution in [3.05, 3.63) is 64.8 Å². The van der Waals surface area contributed by atoms with E-state index in [2.05, 4.69) is 10.3 Å². The molecule has 2 aromatic carbocycles. The highest BCUT2D eigenvalue weighted by atomic mass is 35.5. The number of carbonyl (C=O) groups is 1. The molecule has 0 aliphatic carbocycles. The molecule has 0 unspecified atom stereocenters. The lowest BCUT2D eigenvalue weighted by molar-refractivity contribution is -0.111.